The van der Waals surface area contributed by atoms with E-state index in [1.807, 2.05) is 88.4 Å². The van der Waals surface area contributed by atoms with Crippen LogP contribution in [0.3, 0.4) is 0 Å². The minimum absolute atomic E-state index is 0.153. The summed E-state index contributed by atoms with van der Waals surface area (Å²) >= 11 is 0. The molecule has 3 rings (SSSR count). The van der Waals surface area contributed by atoms with Crippen LogP contribution in [0, 0.1) is 0 Å². The number of nitrogens with zero attached hydrogens (tertiary/aromatic N) is 2. The molecule has 0 radical (unpaired) electrons. The zero-order chi connectivity index (χ0) is 26.8. The van der Waals surface area contributed by atoms with Crippen molar-refractivity contribution in [3.05, 3.63) is 71.8 Å². The number of likely N-dealkylation sites (N-methyl/N-ethyl adjacent to an activating group) is 1. The van der Waals surface area contributed by atoms with Crippen molar-refractivity contribution in [2.24, 2.45) is 0 Å². The highest BCUT2D eigenvalue weighted by atomic mass is 16.7. The van der Waals surface area contributed by atoms with E-state index in [2.05, 4.69) is 0 Å². The molecule has 0 aliphatic carbocycles. The third-order valence-corrected chi connectivity index (χ3v) is 6.18. The summed E-state index contributed by atoms with van der Waals surface area (Å²) in [6, 6.07) is 18.8. The topological polar surface area (TPSA) is 68.3 Å². The van der Waals surface area contributed by atoms with Gasteiger partial charge in [-0.05, 0) is 58.1 Å². The quantitative estimate of drug-likeness (QED) is 0.427. The highest BCUT2D eigenvalue weighted by Gasteiger charge is 2.36. The van der Waals surface area contributed by atoms with Crippen molar-refractivity contribution < 1.29 is 23.8 Å². The maximum absolute atomic E-state index is 13.9. The van der Waals surface area contributed by atoms with Gasteiger partial charge in [-0.1, -0.05) is 60.7 Å². The molecule has 202 valence electrons. The van der Waals surface area contributed by atoms with Gasteiger partial charge in [0, 0.05) is 26.6 Å². The first-order valence-electron chi connectivity index (χ1n) is 13.2. The van der Waals surface area contributed by atoms with Crippen LogP contribution < -0.4 is 0 Å². The number of benzene rings is 2. The summed E-state index contributed by atoms with van der Waals surface area (Å²) in [7, 11) is 1.77. The molecule has 7 nitrogen and oxygen atoms in total. The number of carbonyl (C=O) groups excluding carboxylic acids is 2. The number of ether oxygens (including phenoxy) is 3. The van der Waals surface area contributed by atoms with Gasteiger partial charge >= 0.3 is 6.09 Å². The van der Waals surface area contributed by atoms with Crippen LogP contribution in [0.2, 0.25) is 0 Å². The van der Waals surface area contributed by atoms with Gasteiger partial charge in [-0.15, -0.1) is 0 Å². The Morgan fingerprint density at radius 1 is 1.00 bits per heavy atom. The number of amides is 2. The molecule has 2 aromatic carbocycles. The van der Waals surface area contributed by atoms with Gasteiger partial charge in [0.05, 0.1) is 12.6 Å². The van der Waals surface area contributed by atoms with Gasteiger partial charge in [-0.25, -0.2) is 4.79 Å². The zero-order valence-electron chi connectivity index (χ0n) is 22.9. The van der Waals surface area contributed by atoms with Crippen molar-refractivity contribution in [2.45, 2.75) is 84.0 Å². The summed E-state index contributed by atoms with van der Waals surface area (Å²) in [6.07, 6.45) is 2.09. The second kappa shape index (κ2) is 13.6. The average molecular weight is 511 g/mol. The SMILES string of the molecule is CC(CN(C(=O)OC(C)(C)C)[C@@H](Cc1ccccc1)C(=O)N(C)Cc1ccccc1)OC1CCCCO1. The fraction of sp³-hybridized carbons (Fsp3) is 0.533. The molecule has 0 bridgehead atoms. The van der Waals surface area contributed by atoms with Gasteiger partial charge in [0.25, 0.3) is 0 Å². The smallest absolute Gasteiger partial charge is 0.411 e. The summed E-state index contributed by atoms with van der Waals surface area (Å²) < 4.78 is 17.7. The van der Waals surface area contributed by atoms with Gasteiger partial charge in [0.1, 0.15) is 11.6 Å². The van der Waals surface area contributed by atoms with E-state index in [9.17, 15) is 9.59 Å². The Morgan fingerprint density at radius 2 is 1.62 bits per heavy atom. The molecule has 1 aliphatic heterocycles. The Hall–Kier alpha value is -2.90. The van der Waals surface area contributed by atoms with E-state index in [0.717, 1.165) is 30.4 Å². The summed E-state index contributed by atoms with van der Waals surface area (Å²) in [4.78, 5) is 30.7. The summed E-state index contributed by atoms with van der Waals surface area (Å²) in [6.45, 7) is 8.71. The number of carbonyl (C=O) groups is 2. The van der Waals surface area contributed by atoms with Crippen LogP contribution in [0.5, 0.6) is 0 Å². The lowest BCUT2D eigenvalue weighted by Crippen LogP contribution is -2.54. The Morgan fingerprint density at radius 3 is 2.19 bits per heavy atom. The predicted octanol–water partition coefficient (Wildman–Crippen LogP) is 5.43. The molecular formula is C30H42N2O5. The molecule has 0 aromatic heterocycles. The minimum Gasteiger partial charge on any atom is -0.444 e. The van der Waals surface area contributed by atoms with Gasteiger partial charge in [-0.2, -0.15) is 0 Å². The van der Waals surface area contributed by atoms with Gasteiger partial charge in [-0.3, -0.25) is 9.69 Å². The van der Waals surface area contributed by atoms with E-state index in [4.69, 9.17) is 14.2 Å². The van der Waals surface area contributed by atoms with Crippen molar-refractivity contribution in [3.8, 4) is 0 Å². The van der Waals surface area contributed by atoms with Crippen LogP contribution in [0.25, 0.3) is 0 Å². The maximum atomic E-state index is 13.9. The highest BCUT2D eigenvalue weighted by Crippen LogP contribution is 2.21. The summed E-state index contributed by atoms with van der Waals surface area (Å²) in [5.74, 6) is -0.153. The van der Waals surface area contributed by atoms with E-state index in [-0.39, 0.29) is 24.8 Å². The zero-order valence-corrected chi connectivity index (χ0v) is 22.9. The first-order valence-corrected chi connectivity index (χ1v) is 13.2. The Labute approximate surface area is 221 Å². The lowest BCUT2D eigenvalue weighted by atomic mass is 10.0. The van der Waals surface area contributed by atoms with E-state index >= 15 is 0 Å². The van der Waals surface area contributed by atoms with Crippen LogP contribution in [-0.2, 0) is 32.0 Å². The normalized spacial score (nSPS) is 17.5. The molecule has 37 heavy (non-hydrogen) atoms. The van der Waals surface area contributed by atoms with Crippen molar-refractivity contribution in [3.63, 3.8) is 0 Å². The fourth-order valence-electron chi connectivity index (χ4n) is 4.40. The molecule has 0 saturated carbocycles. The highest BCUT2D eigenvalue weighted by molar-refractivity contribution is 5.86. The standard InChI is InChI=1S/C30H42N2O5/c1-23(36-27-18-12-13-19-35-27)21-32(29(34)37-30(2,3)4)26(20-24-14-8-6-9-15-24)28(33)31(5)22-25-16-10-7-11-17-25/h6-11,14-17,23,26-27H,12-13,18-22H2,1-5H3/t23?,26-,27?/m0/s1. The molecular weight excluding hydrogens is 468 g/mol. The van der Waals surface area contributed by atoms with E-state index in [1.165, 1.54) is 4.90 Å². The number of hydrogen-bond donors (Lipinski definition) is 0. The number of rotatable bonds is 10. The molecule has 1 fully saturated rings. The van der Waals surface area contributed by atoms with E-state index in [0.29, 0.717) is 19.6 Å². The first kappa shape index (κ1) is 28.7. The third kappa shape index (κ3) is 9.48. The molecule has 2 amide bonds. The van der Waals surface area contributed by atoms with Crippen molar-refractivity contribution in [1.82, 2.24) is 9.80 Å². The van der Waals surface area contributed by atoms with Gasteiger partial charge in [0.2, 0.25) is 5.91 Å². The third-order valence-electron chi connectivity index (χ3n) is 6.18. The van der Waals surface area contributed by atoms with Crippen LogP contribution in [0.15, 0.2) is 60.7 Å². The predicted molar refractivity (Wildman–Crippen MR) is 144 cm³/mol. The molecule has 3 atom stereocenters. The lowest BCUT2D eigenvalue weighted by molar-refractivity contribution is -0.188. The summed E-state index contributed by atoms with van der Waals surface area (Å²) in [5.41, 5.74) is 1.28. The first-order chi connectivity index (χ1) is 17.6. The van der Waals surface area contributed by atoms with E-state index in [1.54, 1.807) is 11.9 Å². The van der Waals surface area contributed by atoms with Crippen molar-refractivity contribution in [2.75, 3.05) is 20.2 Å². The maximum Gasteiger partial charge on any atom is 0.411 e. The van der Waals surface area contributed by atoms with Crippen LogP contribution in [0.4, 0.5) is 4.79 Å². The average Bonchev–Trinajstić information content (AvgIpc) is 2.86. The van der Waals surface area contributed by atoms with Crippen molar-refractivity contribution in [1.29, 1.82) is 0 Å². The lowest BCUT2D eigenvalue weighted by Gasteiger charge is -2.37. The molecule has 1 heterocycles. The molecule has 7 heteroatoms. The van der Waals surface area contributed by atoms with Crippen LogP contribution in [0.1, 0.15) is 58.1 Å². The van der Waals surface area contributed by atoms with Gasteiger partial charge in [0.15, 0.2) is 6.29 Å². The molecule has 2 unspecified atom stereocenters. The van der Waals surface area contributed by atoms with E-state index < -0.39 is 17.7 Å². The largest absolute Gasteiger partial charge is 0.444 e. The Bertz CT molecular complexity index is 970. The fourth-order valence-corrected chi connectivity index (χ4v) is 4.40. The minimum atomic E-state index is -0.760. The molecule has 2 aromatic rings. The Balaban J connectivity index is 1.87. The van der Waals surface area contributed by atoms with Crippen LogP contribution >= 0.6 is 0 Å². The molecule has 0 spiro atoms. The second-order valence-electron chi connectivity index (χ2n) is 10.8. The molecule has 1 aliphatic rings. The monoisotopic (exact) mass is 510 g/mol. The van der Waals surface area contributed by atoms with Crippen molar-refractivity contribution >= 4 is 12.0 Å². The molecule has 0 N–H and O–H groups in total. The van der Waals surface area contributed by atoms with Gasteiger partial charge < -0.3 is 19.1 Å². The second-order valence-corrected chi connectivity index (χ2v) is 10.8. The summed E-state index contributed by atoms with van der Waals surface area (Å²) in [5, 5.41) is 0. The Kier molecular flexibility index (Phi) is 10.5. The van der Waals surface area contributed by atoms with Crippen LogP contribution in [-0.4, -0.2) is 66.0 Å². The number of hydrogen-bond acceptors (Lipinski definition) is 5. The molecule has 1 saturated heterocycles.